The van der Waals surface area contributed by atoms with E-state index in [1.807, 2.05) is 13.0 Å². The summed E-state index contributed by atoms with van der Waals surface area (Å²) in [6, 6.07) is 19.4. The van der Waals surface area contributed by atoms with Crippen LogP contribution in [-0.2, 0) is 13.0 Å². The number of aliphatic hydroxyl groups excluding tert-OH is 1. The van der Waals surface area contributed by atoms with Crippen molar-refractivity contribution in [2.45, 2.75) is 26.0 Å². The first-order chi connectivity index (χ1) is 10.7. The normalized spacial score (nSPS) is 13.7. The molecule has 2 heteroatoms. The molecule has 110 valence electrons. The molecule has 1 heterocycles. The summed E-state index contributed by atoms with van der Waals surface area (Å²) in [6.45, 7) is 2.48. The zero-order valence-electron chi connectivity index (χ0n) is 12.7. The highest BCUT2D eigenvalue weighted by atomic mass is 16.3. The van der Waals surface area contributed by atoms with E-state index in [0.29, 0.717) is 6.54 Å². The van der Waals surface area contributed by atoms with Gasteiger partial charge in [0.1, 0.15) is 0 Å². The Morgan fingerprint density at radius 2 is 1.82 bits per heavy atom. The number of hydrogen-bond acceptors (Lipinski definition) is 1. The highest BCUT2D eigenvalue weighted by molar-refractivity contribution is 5.79. The number of nitrogens with zero attached hydrogens (tertiary/aromatic N) is 1. The number of aromatic nitrogens is 1. The lowest BCUT2D eigenvalue weighted by molar-refractivity contribution is 0.174. The molecular formula is C20H19NO. The van der Waals surface area contributed by atoms with E-state index in [1.54, 1.807) is 0 Å². The van der Waals surface area contributed by atoms with Crippen LogP contribution in [0.15, 0.2) is 60.8 Å². The molecule has 0 amide bonds. The summed E-state index contributed by atoms with van der Waals surface area (Å²) in [5.74, 6) is 0. The molecule has 2 aromatic carbocycles. The minimum Gasteiger partial charge on any atom is -0.392 e. The number of hydrogen-bond donors (Lipinski definition) is 1. The Labute approximate surface area is 130 Å². The fourth-order valence-corrected chi connectivity index (χ4v) is 3.39. The van der Waals surface area contributed by atoms with Crippen molar-refractivity contribution in [3.8, 4) is 22.4 Å². The van der Waals surface area contributed by atoms with E-state index in [0.717, 1.165) is 6.42 Å². The summed E-state index contributed by atoms with van der Waals surface area (Å²) in [7, 11) is 0. The van der Waals surface area contributed by atoms with E-state index in [4.69, 9.17) is 0 Å². The quantitative estimate of drug-likeness (QED) is 0.603. The first-order valence-electron chi connectivity index (χ1n) is 7.77. The van der Waals surface area contributed by atoms with Crippen molar-refractivity contribution in [2.75, 3.05) is 0 Å². The molecule has 1 aromatic heterocycles. The predicted molar refractivity (Wildman–Crippen MR) is 89.8 cm³/mol. The third-order valence-corrected chi connectivity index (χ3v) is 4.36. The predicted octanol–water partition coefficient (Wildman–Crippen LogP) is 4.11. The van der Waals surface area contributed by atoms with Gasteiger partial charge in [0.2, 0.25) is 0 Å². The molecular weight excluding hydrogens is 270 g/mol. The van der Waals surface area contributed by atoms with E-state index in [2.05, 4.69) is 59.3 Å². The van der Waals surface area contributed by atoms with Crippen LogP contribution >= 0.6 is 0 Å². The molecule has 0 fully saturated rings. The molecule has 0 saturated heterocycles. The highest BCUT2D eigenvalue weighted by Crippen LogP contribution is 2.39. The van der Waals surface area contributed by atoms with Crippen LogP contribution in [0.1, 0.15) is 18.1 Å². The van der Waals surface area contributed by atoms with Crippen LogP contribution in [-0.4, -0.2) is 15.8 Å². The first-order valence-corrected chi connectivity index (χ1v) is 7.77. The Bertz CT molecular complexity index is 815. The summed E-state index contributed by atoms with van der Waals surface area (Å²) in [4.78, 5) is 0. The van der Waals surface area contributed by atoms with Crippen molar-refractivity contribution < 1.29 is 5.11 Å². The Hall–Kier alpha value is -2.32. The van der Waals surface area contributed by atoms with Crippen molar-refractivity contribution in [1.29, 1.82) is 0 Å². The zero-order valence-corrected chi connectivity index (χ0v) is 12.7. The van der Waals surface area contributed by atoms with E-state index >= 15 is 0 Å². The first kappa shape index (κ1) is 13.4. The van der Waals surface area contributed by atoms with Gasteiger partial charge in [-0.15, -0.1) is 0 Å². The Morgan fingerprint density at radius 3 is 2.59 bits per heavy atom. The van der Waals surface area contributed by atoms with E-state index in [1.165, 1.54) is 33.5 Å². The fourth-order valence-electron chi connectivity index (χ4n) is 3.39. The maximum Gasteiger partial charge on any atom is 0.0691 e. The molecule has 0 saturated carbocycles. The van der Waals surface area contributed by atoms with Crippen molar-refractivity contribution in [3.63, 3.8) is 0 Å². The van der Waals surface area contributed by atoms with Crippen molar-refractivity contribution >= 4 is 0 Å². The lowest BCUT2D eigenvalue weighted by atomic mass is 10.00. The summed E-state index contributed by atoms with van der Waals surface area (Å²) >= 11 is 0. The van der Waals surface area contributed by atoms with Gasteiger partial charge < -0.3 is 9.67 Å². The Balaban J connectivity index is 1.82. The van der Waals surface area contributed by atoms with E-state index < -0.39 is 0 Å². The van der Waals surface area contributed by atoms with Crippen LogP contribution in [0.3, 0.4) is 0 Å². The van der Waals surface area contributed by atoms with E-state index in [9.17, 15) is 5.11 Å². The molecule has 1 N–H and O–H groups in total. The average Bonchev–Trinajstić information content (AvgIpc) is 3.07. The smallest absolute Gasteiger partial charge is 0.0691 e. The van der Waals surface area contributed by atoms with Crippen LogP contribution in [0.2, 0.25) is 0 Å². The molecule has 22 heavy (non-hydrogen) atoms. The average molecular weight is 289 g/mol. The van der Waals surface area contributed by atoms with Gasteiger partial charge in [-0.25, -0.2) is 0 Å². The number of rotatable bonds is 3. The van der Waals surface area contributed by atoms with Gasteiger partial charge in [0.05, 0.1) is 11.8 Å². The van der Waals surface area contributed by atoms with Crippen LogP contribution < -0.4 is 0 Å². The van der Waals surface area contributed by atoms with Gasteiger partial charge in [-0.1, -0.05) is 42.5 Å². The number of benzene rings is 2. The highest BCUT2D eigenvalue weighted by Gasteiger charge is 2.23. The zero-order chi connectivity index (χ0) is 15.1. The monoisotopic (exact) mass is 289 g/mol. The van der Waals surface area contributed by atoms with Gasteiger partial charge in [-0.3, -0.25) is 0 Å². The van der Waals surface area contributed by atoms with Crippen molar-refractivity contribution in [2.24, 2.45) is 0 Å². The molecule has 1 atom stereocenters. The van der Waals surface area contributed by atoms with Crippen LogP contribution in [0, 0.1) is 0 Å². The SMILES string of the molecule is CC(O)Cn1ccc2c1-c1cc(-c3ccccc3)ccc1C2. The lowest BCUT2D eigenvalue weighted by Gasteiger charge is -2.12. The topological polar surface area (TPSA) is 25.2 Å². The summed E-state index contributed by atoms with van der Waals surface area (Å²) in [6.07, 6.45) is 2.75. The molecule has 0 spiro atoms. The Morgan fingerprint density at radius 1 is 1.00 bits per heavy atom. The molecule has 0 radical (unpaired) electrons. The lowest BCUT2D eigenvalue weighted by Crippen LogP contribution is -2.11. The maximum atomic E-state index is 9.72. The molecule has 2 nitrogen and oxygen atoms in total. The second-order valence-corrected chi connectivity index (χ2v) is 6.11. The standard InChI is InChI=1S/C20H19NO/c1-14(22)13-21-10-9-18-11-17-8-7-16(12-19(17)20(18)21)15-5-3-2-4-6-15/h2-10,12,14,22H,11,13H2,1H3. The maximum absolute atomic E-state index is 9.72. The van der Waals surface area contributed by atoms with Gasteiger partial charge in [0.25, 0.3) is 0 Å². The minimum absolute atomic E-state index is 0.335. The third-order valence-electron chi connectivity index (χ3n) is 4.36. The van der Waals surface area contributed by atoms with Gasteiger partial charge in [0.15, 0.2) is 0 Å². The van der Waals surface area contributed by atoms with Gasteiger partial charge in [-0.2, -0.15) is 0 Å². The van der Waals surface area contributed by atoms with Crippen LogP contribution in [0.25, 0.3) is 22.4 Å². The summed E-state index contributed by atoms with van der Waals surface area (Å²) < 4.78 is 2.18. The molecule has 0 bridgehead atoms. The molecule has 1 aliphatic rings. The second kappa shape index (κ2) is 5.15. The van der Waals surface area contributed by atoms with E-state index in [-0.39, 0.29) is 6.10 Å². The number of aliphatic hydroxyl groups is 1. The van der Waals surface area contributed by atoms with Crippen LogP contribution in [0.4, 0.5) is 0 Å². The second-order valence-electron chi connectivity index (χ2n) is 6.11. The van der Waals surface area contributed by atoms with Crippen LogP contribution in [0.5, 0.6) is 0 Å². The minimum atomic E-state index is -0.335. The summed E-state index contributed by atoms with van der Waals surface area (Å²) in [5.41, 5.74) is 7.81. The van der Waals surface area contributed by atoms with Crippen molar-refractivity contribution in [1.82, 2.24) is 4.57 Å². The molecule has 3 aromatic rings. The molecule has 0 aliphatic heterocycles. The third kappa shape index (κ3) is 2.16. The molecule has 4 rings (SSSR count). The van der Waals surface area contributed by atoms with Gasteiger partial charge in [-0.05, 0) is 41.3 Å². The van der Waals surface area contributed by atoms with Gasteiger partial charge in [0, 0.05) is 24.7 Å². The molecule has 1 unspecified atom stereocenters. The number of fused-ring (bicyclic) bond motifs is 3. The van der Waals surface area contributed by atoms with Crippen molar-refractivity contribution in [3.05, 3.63) is 71.9 Å². The fraction of sp³-hybridized carbons (Fsp3) is 0.200. The Kier molecular flexibility index (Phi) is 3.12. The largest absolute Gasteiger partial charge is 0.392 e. The van der Waals surface area contributed by atoms with Gasteiger partial charge >= 0.3 is 0 Å². The molecule has 1 aliphatic carbocycles. The summed E-state index contributed by atoms with van der Waals surface area (Å²) in [5, 5.41) is 9.72.